The van der Waals surface area contributed by atoms with E-state index < -0.39 is 41.5 Å². The minimum atomic E-state index is -2.04. The number of likely N-dealkylation sites (N-methyl/N-ethyl adjacent to an activating group) is 1. The van der Waals surface area contributed by atoms with Crippen LogP contribution < -0.4 is 5.32 Å². The fourth-order valence-electron chi connectivity index (χ4n) is 8.99. The fourth-order valence-corrected chi connectivity index (χ4v) is 8.99. The van der Waals surface area contributed by atoms with Crippen LogP contribution in [0.3, 0.4) is 0 Å². The molecule has 1 aliphatic carbocycles. The number of rotatable bonds is 5. The molecule has 10 nitrogen and oxygen atoms in total. The number of hydrogen-bond acceptors (Lipinski definition) is 6. The quantitative estimate of drug-likeness (QED) is 0.409. The highest BCUT2D eigenvalue weighted by atomic mass is 16.7. The Kier molecular flexibility index (Phi) is 6.47. The maximum absolute atomic E-state index is 14.6. The molecule has 5 heterocycles. The van der Waals surface area contributed by atoms with Crippen molar-refractivity contribution in [1.29, 1.82) is 0 Å². The van der Waals surface area contributed by atoms with Crippen molar-refractivity contribution in [3.63, 3.8) is 0 Å². The Morgan fingerprint density at radius 2 is 1.96 bits per heavy atom. The van der Waals surface area contributed by atoms with Gasteiger partial charge in [0.2, 0.25) is 17.5 Å². The zero-order chi connectivity index (χ0) is 31.2. The van der Waals surface area contributed by atoms with Gasteiger partial charge in [0.25, 0.3) is 11.8 Å². The number of aliphatic hydroxyl groups is 1. The van der Waals surface area contributed by atoms with Gasteiger partial charge in [-0.15, -0.1) is 0 Å². The predicted octanol–water partition coefficient (Wildman–Crippen LogP) is 2.72. The third-order valence-corrected chi connectivity index (χ3v) is 11.2. The Labute approximate surface area is 262 Å². The number of nitrogens with one attached hydrogen (secondary N) is 2. The van der Waals surface area contributed by atoms with E-state index in [1.807, 2.05) is 44.2 Å². The van der Waals surface area contributed by atoms with Crippen LogP contribution in [0.1, 0.15) is 55.7 Å². The van der Waals surface area contributed by atoms with E-state index in [0.29, 0.717) is 32.4 Å². The summed E-state index contributed by atoms with van der Waals surface area (Å²) >= 11 is 0. The van der Waals surface area contributed by atoms with Gasteiger partial charge in [0, 0.05) is 54.5 Å². The summed E-state index contributed by atoms with van der Waals surface area (Å²) in [4.78, 5) is 51.4. The van der Waals surface area contributed by atoms with Crippen LogP contribution in [-0.4, -0.2) is 92.4 Å². The zero-order valence-corrected chi connectivity index (χ0v) is 26.0. The molecule has 10 heteroatoms. The van der Waals surface area contributed by atoms with Gasteiger partial charge in [0.1, 0.15) is 12.1 Å². The number of fused-ring (bicyclic) bond motifs is 5. The van der Waals surface area contributed by atoms with Crippen LogP contribution in [-0.2, 0) is 32.0 Å². The number of likely N-dealkylation sites (tertiary alicyclic amines) is 1. The first-order valence-corrected chi connectivity index (χ1v) is 16.3. The Morgan fingerprint density at radius 1 is 1.16 bits per heavy atom. The van der Waals surface area contributed by atoms with Crippen molar-refractivity contribution in [3.05, 3.63) is 71.4 Å². The number of piperazine rings is 1. The molecule has 3 amide bonds. The molecular weight excluding hydrogens is 570 g/mol. The molecule has 45 heavy (non-hydrogen) atoms. The summed E-state index contributed by atoms with van der Waals surface area (Å²) in [6.45, 7) is 4.68. The lowest BCUT2D eigenvalue weighted by atomic mass is 9.72. The summed E-state index contributed by atoms with van der Waals surface area (Å²) in [5, 5.41) is 16.6. The van der Waals surface area contributed by atoms with Gasteiger partial charge in [0.15, 0.2) is 0 Å². The molecule has 4 aliphatic heterocycles. The second-order valence-corrected chi connectivity index (χ2v) is 14.0. The Balaban J connectivity index is 1.12. The SMILES string of the molecule is CC(C)[C@@]1(NC(=O)[C@H]2CC3c4cccc5[nH]cc(c45)C[C@@H]3N(C)C2)O[C@@]2(O)[C@@H]3CCCN3C(=O)[C@H](Cc3ccccc3)N2C1=O. The number of amides is 3. The highest BCUT2D eigenvalue weighted by molar-refractivity contribution is 5.98. The van der Waals surface area contributed by atoms with Crippen LogP contribution in [0.25, 0.3) is 10.9 Å². The maximum atomic E-state index is 14.6. The van der Waals surface area contributed by atoms with E-state index in [1.165, 1.54) is 21.4 Å². The number of piperidine rings is 1. The van der Waals surface area contributed by atoms with Crippen LogP contribution in [0.4, 0.5) is 0 Å². The zero-order valence-electron chi connectivity index (χ0n) is 26.0. The van der Waals surface area contributed by atoms with Gasteiger partial charge in [-0.25, -0.2) is 0 Å². The second kappa shape index (κ2) is 10.1. The first-order chi connectivity index (χ1) is 21.6. The minimum Gasteiger partial charge on any atom is -0.361 e. The van der Waals surface area contributed by atoms with Gasteiger partial charge < -0.3 is 25.2 Å². The molecule has 0 bridgehead atoms. The lowest BCUT2D eigenvalue weighted by Crippen LogP contribution is -2.71. The van der Waals surface area contributed by atoms with E-state index in [9.17, 15) is 19.5 Å². The third-order valence-electron chi connectivity index (χ3n) is 11.2. The van der Waals surface area contributed by atoms with Gasteiger partial charge in [-0.05, 0) is 55.5 Å². The van der Waals surface area contributed by atoms with Crippen molar-refractivity contribution in [1.82, 2.24) is 25.0 Å². The number of carbonyl (C=O) groups excluding carboxylic acids is 3. The fraction of sp³-hybridized carbons (Fsp3) is 0.514. The first kappa shape index (κ1) is 28.7. The van der Waals surface area contributed by atoms with Crippen molar-refractivity contribution in [2.24, 2.45) is 11.8 Å². The average molecular weight is 612 g/mol. The molecule has 3 N–H and O–H groups in total. The number of benzene rings is 2. The normalized spacial score (nSPS) is 34.3. The molecule has 4 saturated heterocycles. The molecule has 0 saturated carbocycles. The van der Waals surface area contributed by atoms with E-state index in [-0.39, 0.29) is 30.2 Å². The Hall–Kier alpha value is -3.73. The van der Waals surface area contributed by atoms with Gasteiger partial charge in [-0.2, -0.15) is 0 Å². The summed E-state index contributed by atoms with van der Waals surface area (Å²) in [6, 6.07) is 14.5. The molecule has 5 aliphatic rings. The standard InChI is InChI=1S/C35H41N5O5/c1-20(2)34(37-31(41)23-16-25-24-11-7-12-26-30(24)22(18-36-26)17-27(25)38(3)19-23)33(43)40-28(15-21-9-5-4-6-10-21)32(42)39-14-8-13-29(39)35(40,44)45-34/h4-7,9-12,18,20,23,25,27-29,36,44H,8,13-17,19H2,1-3H3,(H,37,41)/t23-,25?,27-,28-,29-,34+,35-/m0/s1. The molecule has 1 unspecified atom stereocenters. The van der Waals surface area contributed by atoms with Crippen LogP contribution in [0.2, 0.25) is 0 Å². The average Bonchev–Trinajstić information content (AvgIpc) is 3.74. The Morgan fingerprint density at radius 3 is 2.73 bits per heavy atom. The van der Waals surface area contributed by atoms with Crippen molar-refractivity contribution in [2.45, 2.75) is 81.6 Å². The van der Waals surface area contributed by atoms with Crippen LogP contribution in [0.5, 0.6) is 0 Å². The largest absolute Gasteiger partial charge is 0.361 e. The number of hydrogen-bond donors (Lipinski definition) is 3. The molecule has 1 aromatic heterocycles. The molecule has 4 fully saturated rings. The number of H-pyrrole nitrogens is 1. The number of nitrogens with zero attached hydrogens (tertiary/aromatic N) is 3. The first-order valence-electron chi connectivity index (χ1n) is 16.3. The number of aromatic nitrogens is 1. The summed E-state index contributed by atoms with van der Waals surface area (Å²) in [6.07, 6.45) is 5.12. The molecule has 2 aromatic carbocycles. The van der Waals surface area contributed by atoms with Crippen LogP contribution >= 0.6 is 0 Å². The van der Waals surface area contributed by atoms with Crippen LogP contribution in [0, 0.1) is 11.8 Å². The lowest BCUT2D eigenvalue weighted by Gasteiger charge is -2.48. The van der Waals surface area contributed by atoms with Crippen LogP contribution in [0.15, 0.2) is 54.7 Å². The van der Waals surface area contributed by atoms with E-state index >= 15 is 0 Å². The molecule has 8 rings (SSSR count). The Bertz CT molecular complexity index is 1690. The van der Waals surface area contributed by atoms with E-state index in [4.69, 9.17) is 4.74 Å². The van der Waals surface area contributed by atoms with Crippen molar-refractivity contribution in [2.75, 3.05) is 20.1 Å². The van der Waals surface area contributed by atoms with Gasteiger partial charge >= 0.3 is 0 Å². The van der Waals surface area contributed by atoms with E-state index in [1.54, 1.807) is 4.90 Å². The minimum absolute atomic E-state index is 0.164. The third kappa shape index (κ3) is 4.08. The van der Waals surface area contributed by atoms with Crippen molar-refractivity contribution < 1.29 is 24.2 Å². The maximum Gasteiger partial charge on any atom is 0.281 e. The molecule has 0 spiro atoms. The smallest absolute Gasteiger partial charge is 0.281 e. The van der Waals surface area contributed by atoms with E-state index in [2.05, 4.69) is 46.6 Å². The molecule has 3 aromatic rings. The summed E-state index contributed by atoms with van der Waals surface area (Å²) < 4.78 is 6.51. The molecular formula is C35H41N5O5. The van der Waals surface area contributed by atoms with Gasteiger partial charge in [0.05, 0.1) is 5.92 Å². The number of ether oxygens (including phenoxy) is 1. The number of carbonyl (C=O) groups is 3. The summed E-state index contributed by atoms with van der Waals surface area (Å²) in [5.41, 5.74) is 2.75. The second-order valence-electron chi connectivity index (χ2n) is 14.0. The van der Waals surface area contributed by atoms with E-state index in [0.717, 1.165) is 17.5 Å². The number of aromatic amines is 1. The van der Waals surface area contributed by atoms with Crippen molar-refractivity contribution >= 4 is 28.6 Å². The summed E-state index contributed by atoms with van der Waals surface area (Å²) in [7, 11) is 2.07. The highest BCUT2D eigenvalue weighted by Gasteiger charge is 2.72. The molecule has 236 valence electrons. The molecule has 7 atom stereocenters. The monoisotopic (exact) mass is 611 g/mol. The van der Waals surface area contributed by atoms with Gasteiger partial charge in [-0.1, -0.05) is 56.3 Å². The molecule has 0 radical (unpaired) electrons. The highest BCUT2D eigenvalue weighted by Crippen LogP contribution is 2.49. The topological polar surface area (TPSA) is 118 Å². The lowest BCUT2D eigenvalue weighted by molar-refractivity contribution is -0.321. The van der Waals surface area contributed by atoms with Gasteiger partial charge in [-0.3, -0.25) is 24.0 Å². The van der Waals surface area contributed by atoms with Crippen molar-refractivity contribution in [3.8, 4) is 0 Å². The summed E-state index contributed by atoms with van der Waals surface area (Å²) in [5.74, 6) is -3.80. The predicted molar refractivity (Wildman–Crippen MR) is 167 cm³/mol.